The highest BCUT2D eigenvalue weighted by molar-refractivity contribution is 5.89. The third kappa shape index (κ3) is 4.99. The lowest BCUT2D eigenvalue weighted by molar-refractivity contribution is -0.890. The van der Waals surface area contributed by atoms with Crippen LogP contribution in [-0.2, 0) is 0 Å². The lowest BCUT2D eigenvalue weighted by atomic mass is 10.1. The minimum absolute atomic E-state index is 0.183. The molecule has 0 fully saturated rings. The summed E-state index contributed by atoms with van der Waals surface area (Å²) in [5.74, 6) is 0. The summed E-state index contributed by atoms with van der Waals surface area (Å²) in [5, 5.41) is 5.81. The number of carbonyl (C=O) groups excluding carboxylic acids is 1. The predicted octanol–water partition coefficient (Wildman–Crippen LogP) is 1.76. The van der Waals surface area contributed by atoms with Gasteiger partial charge in [-0.1, -0.05) is 30.3 Å². The Bertz CT molecular complexity index is 638. The van der Waals surface area contributed by atoms with Crippen LogP contribution in [0.5, 0.6) is 0 Å². The summed E-state index contributed by atoms with van der Waals surface area (Å²) < 4.78 is 0. The summed E-state index contributed by atoms with van der Waals surface area (Å²) in [7, 11) is 8.25. The number of hydrogen-bond acceptors (Lipinski definition) is 2. The number of nitrogens with one attached hydrogen (secondary N) is 3. The Balaban J connectivity index is 1.97. The van der Waals surface area contributed by atoms with Crippen LogP contribution in [0.1, 0.15) is 11.6 Å². The van der Waals surface area contributed by atoms with E-state index >= 15 is 0 Å². The van der Waals surface area contributed by atoms with E-state index in [-0.39, 0.29) is 12.1 Å². The number of likely N-dealkylation sites (N-methyl/N-ethyl adjacent to an activating group) is 1. The first-order chi connectivity index (χ1) is 11.5. The van der Waals surface area contributed by atoms with Gasteiger partial charge in [0.15, 0.2) is 0 Å². The first kappa shape index (κ1) is 17.8. The zero-order chi connectivity index (χ0) is 17.5. The Morgan fingerprint density at radius 1 is 1.04 bits per heavy atom. The molecule has 0 radical (unpaired) electrons. The average molecular weight is 327 g/mol. The number of hydrogen-bond donors (Lipinski definition) is 3. The van der Waals surface area contributed by atoms with Crippen molar-refractivity contribution in [2.45, 2.75) is 6.04 Å². The molecule has 0 aliphatic carbocycles. The van der Waals surface area contributed by atoms with Crippen LogP contribution in [0.15, 0.2) is 54.6 Å². The third-order valence-electron chi connectivity index (χ3n) is 4.01. The van der Waals surface area contributed by atoms with Crippen molar-refractivity contribution in [1.82, 2.24) is 5.32 Å². The highest BCUT2D eigenvalue weighted by atomic mass is 16.2. The van der Waals surface area contributed by atoms with Gasteiger partial charge < -0.3 is 20.4 Å². The zero-order valence-corrected chi connectivity index (χ0v) is 14.8. The smallest absolute Gasteiger partial charge is 0.319 e. The summed E-state index contributed by atoms with van der Waals surface area (Å²) in [5.41, 5.74) is 3.17. The van der Waals surface area contributed by atoms with Gasteiger partial charge in [0, 0.05) is 31.0 Å². The van der Waals surface area contributed by atoms with E-state index < -0.39 is 0 Å². The molecule has 0 unspecified atom stereocenters. The number of benzene rings is 2. The van der Waals surface area contributed by atoms with Gasteiger partial charge in [-0.15, -0.1) is 0 Å². The SMILES string of the molecule is CN(C)c1ccc([C@H](CNC(=O)Nc2ccccc2)[NH+](C)C)cc1. The van der Waals surface area contributed by atoms with E-state index in [1.165, 1.54) is 16.2 Å². The molecule has 2 amide bonds. The van der Waals surface area contributed by atoms with Crippen LogP contribution in [0.25, 0.3) is 0 Å². The molecule has 0 aliphatic rings. The number of urea groups is 1. The number of anilines is 2. The maximum atomic E-state index is 12.1. The minimum Gasteiger partial charge on any atom is -0.378 e. The Labute approximate surface area is 144 Å². The van der Waals surface area contributed by atoms with E-state index in [1.54, 1.807) is 0 Å². The summed E-state index contributed by atoms with van der Waals surface area (Å²) >= 11 is 0. The van der Waals surface area contributed by atoms with Gasteiger partial charge in [-0.05, 0) is 24.3 Å². The molecule has 0 saturated heterocycles. The summed E-state index contributed by atoms with van der Waals surface area (Å²) in [6.45, 7) is 0.572. The molecular weight excluding hydrogens is 300 g/mol. The van der Waals surface area contributed by atoms with Crippen LogP contribution >= 0.6 is 0 Å². The van der Waals surface area contributed by atoms with Gasteiger partial charge in [-0.3, -0.25) is 0 Å². The van der Waals surface area contributed by atoms with Gasteiger partial charge in [0.05, 0.1) is 20.6 Å². The van der Waals surface area contributed by atoms with E-state index in [9.17, 15) is 4.79 Å². The topological polar surface area (TPSA) is 48.8 Å². The Kier molecular flexibility index (Phi) is 6.21. The summed E-state index contributed by atoms with van der Waals surface area (Å²) in [4.78, 5) is 15.4. The van der Waals surface area contributed by atoms with E-state index in [1.807, 2.05) is 44.4 Å². The molecule has 0 heterocycles. The molecule has 2 rings (SSSR count). The lowest BCUT2D eigenvalue weighted by Gasteiger charge is -2.23. The Hall–Kier alpha value is -2.53. The molecule has 0 bridgehead atoms. The zero-order valence-electron chi connectivity index (χ0n) is 14.8. The molecule has 0 spiro atoms. The van der Waals surface area contributed by atoms with Crippen LogP contribution in [0.3, 0.4) is 0 Å². The largest absolute Gasteiger partial charge is 0.378 e. The number of amides is 2. The van der Waals surface area contributed by atoms with E-state index in [2.05, 4.69) is 53.9 Å². The average Bonchev–Trinajstić information content (AvgIpc) is 2.56. The van der Waals surface area contributed by atoms with Crippen molar-refractivity contribution >= 4 is 17.4 Å². The van der Waals surface area contributed by atoms with Gasteiger partial charge in [0.25, 0.3) is 0 Å². The first-order valence-corrected chi connectivity index (χ1v) is 8.14. The van der Waals surface area contributed by atoms with Crippen molar-refractivity contribution in [2.24, 2.45) is 0 Å². The lowest BCUT2D eigenvalue weighted by Crippen LogP contribution is -3.07. The van der Waals surface area contributed by atoms with Gasteiger partial charge in [0.2, 0.25) is 0 Å². The van der Waals surface area contributed by atoms with Crippen molar-refractivity contribution in [3.63, 3.8) is 0 Å². The van der Waals surface area contributed by atoms with Crippen molar-refractivity contribution in [3.8, 4) is 0 Å². The number of para-hydroxylation sites is 1. The van der Waals surface area contributed by atoms with Crippen molar-refractivity contribution in [1.29, 1.82) is 0 Å². The molecule has 5 nitrogen and oxygen atoms in total. The van der Waals surface area contributed by atoms with Crippen molar-refractivity contribution in [2.75, 3.05) is 45.0 Å². The van der Waals surface area contributed by atoms with Gasteiger partial charge in [-0.25, -0.2) is 4.79 Å². The third-order valence-corrected chi connectivity index (χ3v) is 4.01. The van der Waals surface area contributed by atoms with E-state index in [4.69, 9.17) is 0 Å². The van der Waals surface area contributed by atoms with Gasteiger partial charge in [-0.2, -0.15) is 0 Å². The fraction of sp³-hybridized carbons (Fsp3) is 0.316. The second-order valence-corrected chi connectivity index (χ2v) is 6.32. The van der Waals surface area contributed by atoms with E-state index in [0.29, 0.717) is 6.54 Å². The minimum atomic E-state index is -0.183. The molecule has 0 aliphatic heterocycles. The quantitative estimate of drug-likeness (QED) is 0.757. The van der Waals surface area contributed by atoms with Crippen molar-refractivity contribution in [3.05, 3.63) is 60.2 Å². The van der Waals surface area contributed by atoms with Crippen molar-refractivity contribution < 1.29 is 9.69 Å². The molecular formula is C19H27N4O+. The maximum Gasteiger partial charge on any atom is 0.319 e. The predicted molar refractivity (Wildman–Crippen MR) is 99.8 cm³/mol. The molecule has 1 atom stereocenters. The molecule has 3 N–H and O–H groups in total. The number of carbonyl (C=O) groups is 1. The Morgan fingerprint density at radius 3 is 2.21 bits per heavy atom. The fourth-order valence-corrected chi connectivity index (χ4v) is 2.55. The highest BCUT2D eigenvalue weighted by Gasteiger charge is 2.18. The first-order valence-electron chi connectivity index (χ1n) is 8.14. The maximum absolute atomic E-state index is 12.1. The molecule has 0 saturated carbocycles. The standard InChI is InChI=1S/C19H26N4O/c1-22(2)17-12-10-15(11-13-17)18(23(3)4)14-20-19(24)21-16-8-6-5-7-9-16/h5-13,18H,14H2,1-4H3,(H2,20,21,24)/p+1/t18-/m0/s1. The second kappa shape index (κ2) is 8.36. The fourth-order valence-electron chi connectivity index (χ4n) is 2.55. The Morgan fingerprint density at radius 2 is 1.67 bits per heavy atom. The van der Waals surface area contributed by atoms with Crippen LogP contribution in [0.4, 0.5) is 16.2 Å². The molecule has 24 heavy (non-hydrogen) atoms. The highest BCUT2D eigenvalue weighted by Crippen LogP contribution is 2.16. The number of nitrogens with zero attached hydrogens (tertiary/aromatic N) is 1. The van der Waals surface area contributed by atoms with Crippen LogP contribution < -0.4 is 20.4 Å². The van der Waals surface area contributed by atoms with Gasteiger partial charge >= 0.3 is 6.03 Å². The normalized spacial score (nSPS) is 11.9. The van der Waals surface area contributed by atoms with Crippen LogP contribution in [0, 0.1) is 0 Å². The molecule has 5 heteroatoms. The monoisotopic (exact) mass is 327 g/mol. The summed E-state index contributed by atoms with van der Waals surface area (Å²) in [6.07, 6.45) is 0. The molecule has 2 aromatic carbocycles. The molecule has 0 aromatic heterocycles. The van der Waals surface area contributed by atoms with Crippen LogP contribution in [0.2, 0.25) is 0 Å². The summed E-state index contributed by atoms with van der Waals surface area (Å²) in [6, 6.07) is 17.9. The number of quaternary nitrogens is 1. The number of rotatable bonds is 6. The van der Waals surface area contributed by atoms with Crippen LogP contribution in [-0.4, -0.2) is 40.8 Å². The van der Waals surface area contributed by atoms with E-state index in [0.717, 1.165) is 5.69 Å². The van der Waals surface area contributed by atoms with Gasteiger partial charge in [0.1, 0.15) is 6.04 Å². The second-order valence-electron chi connectivity index (χ2n) is 6.32. The molecule has 2 aromatic rings. The molecule has 128 valence electrons.